The van der Waals surface area contributed by atoms with Crippen molar-refractivity contribution in [2.45, 2.75) is 108 Å². The van der Waals surface area contributed by atoms with Crippen molar-refractivity contribution in [3.63, 3.8) is 0 Å². The average molecular weight is 1020 g/mol. The number of hydrogen-bond acceptors (Lipinski definition) is 7. The van der Waals surface area contributed by atoms with Crippen molar-refractivity contribution in [2.24, 2.45) is 0 Å². The van der Waals surface area contributed by atoms with E-state index in [2.05, 4.69) is 0 Å². The Labute approximate surface area is 332 Å². The molecule has 0 saturated heterocycles. The van der Waals surface area contributed by atoms with Crippen LogP contribution in [0.2, 0.25) is 0 Å². The van der Waals surface area contributed by atoms with E-state index in [1.807, 2.05) is 0 Å². The molecule has 41 heteroatoms. The van der Waals surface area contributed by atoms with Gasteiger partial charge in [0.15, 0.2) is 5.25 Å². The maximum atomic E-state index is 13.9. The van der Waals surface area contributed by atoms with Crippen LogP contribution in [0, 0.1) is 0 Å². The summed E-state index contributed by atoms with van der Waals surface area (Å²) >= 11 is 0. The second-order valence-corrected chi connectivity index (χ2v) is 12.3. The number of esters is 2. The van der Waals surface area contributed by atoms with Crippen molar-refractivity contribution >= 4 is 22.1 Å². The maximum absolute atomic E-state index is 13.9. The van der Waals surface area contributed by atoms with Gasteiger partial charge < -0.3 is 14.0 Å². The van der Waals surface area contributed by atoms with Crippen molar-refractivity contribution < 1.29 is 202 Å². The van der Waals surface area contributed by atoms with Gasteiger partial charge in [-0.25, -0.2) is 26.0 Å². The number of ether oxygens (including phenoxy) is 2. The summed E-state index contributed by atoms with van der Waals surface area (Å²) in [4.78, 5) is 23.0. The van der Waals surface area contributed by atoms with Crippen LogP contribution in [-0.4, -0.2) is 126 Å². The first kappa shape index (κ1) is 60.7. The Bertz CT molecular complexity index is 1710. The van der Waals surface area contributed by atoms with Crippen LogP contribution in [0.15, 0.2) is 0 Å². The van der Waals surface area contributed by atoms with Gasteiger partial charge in [-0.15, -0.1) is 0 Å². The Morgan fingerprint density at radius 3 is 0.852 bits per heavy atom. The number of carbonyl (C=O) groups excluding carboxylic acids is 2. The fourth-order valence-electron chi connectivity index (χ4n) is 3.20. The summed E-state index contributed by atoms with van der Waals surface area (Å²) in [5.74, 6) is -115. The van der Waals surface area contributed by atoms with Crippen molar-refractivity contribution in [2.75, 3.05) is 0 Å². The zero-order valence-electron chi connectivity index (χ0n) is 26.8. The molecular weight excluding hydrogens is 1020 g/mol. The van der Waals surface area contributed by atoms with Crippen LogP contribution >= 0.6 is 0 Å². The Morgan fingerprint density at radius 1 is 0.410 bits per heavy atom. The van der Waals surface area contributed by atoms with Gasteiger partial charge in [-0.3, -0.25) is 9.59 Å². The Morgan fingerprint density at radius 2 is 0.623 bits per heavy atom. The molecular formula is C20H5F32NaO7S. The number of alkyl halides is 32. The van der Waals surface area contributed by atoms with Gasteiger partial charge in [-0.1, -0.05) is 0 Å². The maximum Gasteiger partial charge on any atom is 1.00 e. The van der Waals surface area contributed by atoms with E-state index in [9.17, 15) is 163 Å². The van der Waals surface area contributed by atoms with Crippen LogP contribution < -0.4 is 29.6 Å². The summed E-state index contributed by atoms with van der Waals surface area (Å²) < 4.78 is 464. The van der Waals surface area contributed by atoms with Gasteiger partial charge in [-0.2, -0.15) is 123 Å². The monoisotopic (exact) mass is 1020 g/mol. The molecule has 0 N–H and O–H groups in total. The fraction of sp³-hybridized carbons (Fsp3) is 0.900. The van der Waals surface area contributed by atoms with Gasteiger partial charge in [-0.05, 0) is 0 Å². The van der Waals surface area contributed by atoms with Crippen molar-refractivity contribution in [3.05, 3.63) is 0 Å². The second-order valence-electron chi connectivity index (χ2n) is 10.7. The third-order valence-electron chi connectivity index (χ3n) is 6.71. The Balaban J connectivity index is 0. The molecule has 0 fully saturated rings. The molecule has 0 bridgehead atoms. The van der Waals surface area contributed by atoms with Gasteiger partial charge in [0, 0.05) is 0 Å². The quantitative estimate of drug-likeness (QED) is 0.0665. The van der Waals surface area contributed by atoms with Gasteiger partial charge in [0.1, 0.15) is 10.1 Å². The second kappa shape index (κ2) is 16.6. The van der Waals surface area contributed by atoms with E-state index < -0.39 is 130 Å². The molecule has 0 spiro atoms. The van der Waals surface area contributed by atoms with Crippen LogP contribution in [0.4, 0.5) is 140 Å². The van der Waals surface area contributed by atoms with Gasteiger partial charge >= 0.3 is 138 Å². The zero-order valence-corrected chi connectivity index (χ0v) is 29.6. The molecule has 0 aromatic carbocycles. The van der Waals surface area contributed by atoms with Gasteiger partial charge in [0.25, 0.3) is 0 Å². The molecule has 0 aromatic heterocycles. The molecule has 61 heavy (non-hydrogen) atoms. The smallest absolute Gasteiger partial charge is 0.747 e. The minimum absolute atomic E-state index is 0. The molecule has 0 radical (unpaired) electrons. The molecule has 0 amide bonds. The molecule has 1 atom stereocenters. The number of hydrogen-bond donors (Lipinski definition) is 0. The number of rotatable bonds is 20. The topological polar surface area (TPSA) is 110 Å². The minimum atomic E-state index is -9.27. The van der Waals surface area contributed by atoms with E-state index in [0.717, 1.165) is 0 Å². The third kappa shape index (κ3) is 8.88. The molecule has 358 valence electrons. The van der Waals surface area contributed by atoms with Crippen molar-refractivity contribution in [1.29, 1.82) is 0 Å². The normalized spacial score (nSPS) is 16.4. The van der Waals surface area contributed by atoms with Crippen LogP contribution in [-0.2, 0) is 29.2 Å². The SMILES string of the molecule is O=C(CC(C(=O)OC(F)(F)C(F)(F)C(F)(F)C(F)(F)C(F)(F)C(F)(F)C(F)(F)C(F)F)S(=O)(=O)[O-])OC(F)(F)C(F)(F)C(F)(F)C(F)(F)C(F)(F)C(F)(F)C(F)(F)C(F)F.[Na+]. The number of halogens is 32. The average Bonchev–Trinajstić information content (AvgIpc) is 3.01. The van der Waals surface area contributed by atoms with Crippen molar-refractivity contribution in [1.82, 2.24) is 0 Å². The first-order chi connectivity index (χ1) is 25.5. The van der Waals surface area contributed by atoms with Crippen LogP contribution in [0.25, 0.3) is 0 Å². The summed E-state index contributed by atoms with van der Waals surface area (Å²) in [7, 11) is -7.64. The predicted octanol–water partition coefficient (Wildman–Crippen LogP) is 5.72. The van der Waals surface area contributed by atoms with E-state index in [-0.39, 0.29) is 29.6 Å². The molecule has 1 unspecified atom stereocenters. The van der Waals surface area contributed by atoms with Crippen LogP contribution in [0.5, 0.6) is 0 Å². The molecule has 0 aliphatic carbocycles. The third-order valence-corrected chi connectivity index (χ3v) is 7.76. The van der Waals surface area contributed by atoms with E-state index in [4.69, 9.17) is 0 Å². The Kier molecular flexibility index (Phi) is 16.5. The van der Waals surface area contributed by atoms with E-state index in [1.165, 1.54) is 0 Å². The molecule has 0 aromatic rings. The standard InChI is InChI=1S/C20H6F32O7S.Na/c21-5(22)7(25,26)9(29,30)11(33,34)13(37,38)15(41,42)17(45,46)19(49,50)58-3(53)1-2(60(55,56)57)4(54)59-20(51,52)18(47,48)16(43,44)14(39,40)12(35,36)10(31,32)8(27,28)6(23)24;/h2,5-6H,1H2,(H,55,56,57);/q;+1/p-1. The first-order valence-electron chi connectivity index (χ1n) is 12.8. The van der Waals surface area contributed by atoms with E-state index in [0.29, 0.717) is 0 Å². The fourth-order valence-corrected chi connectivity index (χ4v) is 3.82. The van der Waals surface area contributed by atoms with Gasteiger partial charge in [0.05, 0.1) is 6.42 Å². The Hall–Kier alpha value is -2.39. The van der Waals surface area contributed by atoms with Crippen LogP contribution in [0.3, 0.4) is 0 Å². The molecule has 0 aliphatic rings. The molecule has 0 rings (SSSR count). The first-order valence-corrected chi connectivity index (χ1v) is 14.2. The largest absolute Gasteiger partial charge is 1.00 e. The molecule has 0 aliphatic heterocycles. The minimum Gasteiger partial charge on any atom is -0.747 e. The van der Waals surface area contributed by atoms with Crippen molar-refractivity contribution in [3.8, 4) is 0 Å². The van der Waals surface area contributed by atoms with Crippen LogP contribution in [0.1, 0.15) is 6.42 Å². The van der Waals surface area contributed by atoms with Gasteiger partial charge in [0.2, 0.25) is 0 Å². The summed E-state index contributed by atoms with van der Waals surface area (Å²) in [6, 6.07) is 0. The van der Waals surface area contributed by atoms with E-state index in [1.54, 1.807) is 9.47 Å². The summed E-state index contributed by atoms with van der Waals surface area (Å²) in [5.41, 5.74) is 0. The predicted molar refractivity (Wildman–Crippen MR) is 112 cm³/mol. The molecule has 0 heterocycles. The molecule has 0 saturated carbocycles. The summed E-state index contributed by atoms with van der Waals surface area (Å²) in [5, 5.41) is -5.26. The molecule has 7 nitrogen and oxygen atoms in total. The van der Waals surface area contributed by atoms with E-state index >= 15 is 0 Å². The zero-order chi connectivity index (χ0) is 49.5. The number of carbonyl (C=O) groups is 2. The summed E-state index contributed by atoms with van der Waals surface area (Å²) in [6.07, 6.45) is -33.3. The summed E-state index contributed by atoms with van der Waals surface area (Å²) in [6.45, 7) is 0.